The lowest BCUT2D eigenvalue weighted by atomic mass is 9.98. The molecule has 37 heavy (non-hydrogen) atoms. The Kier molecular flexibility index (Phi) is 8.08. The number of H-pyrrole nitrogens is 1. The standard InChI is InChI=1S/C26H22Cl2N4O5/c27-18-5-3-4-17(13-18)16-10-8-15(9-11-16)12-19(14-22(33)25(35)36)29-24(34)23-30-26(37)32(31-23)21-7-2-1-6-20(21)28/h1-11,13,19,22,33H,12,14H2,(H,29,34)(H,35,36)(H,30,31,37)/t19-,22-/m1/s1. The second-order valence-electron chi connectivity index (χ2n) is 8.31. The first kappa shape index (κ1) is 26.2. The highest BCUT2D eigenvalue weighted by atomic mass is 35.5. The molecule has 1 heterocycles. The van der Waals surface area contributed by atoms with Crippen molar-refractivity contribution in [2.75, 3.05) is 0 Å². The van der Waals surface area contributed by atoms with Gasteiger partial charge in [-0.1, -0.05) is 71.7 Å². The van der Waals surface area contributed by atoms with E-state index in [2.05, 4.69) is 15.4 Å². The lowest BCUT2D eigenvalue weighted by molar-refractivity contribution is -0.147. The van der Waals surface area contributed by atoms with Gasteiger partial charge in [0, 0.05) is 17.5 Å². The van der Waals surface area contributed by atoms with Crippen LogP contribution in [0.25, 0.3) is 16.8 Å². The van der Waals surface area contributed by atoms with Gasteiger partial charge in [-0.05, 0) is 47.4 Å². The maximum absolute atomic E-state index is 12.9. The lowest BCUT2D eigenvalue weighted by Crippen LogP contribution is -2.41. The van der Waals surface area contributed by atoms with Gasteiger partial charge in [-0.2, -0.15) is 4.68 Å². The molecule has 0 fully saturated rings. The van der Waals surface area contributed by atoms with Gasteiger partial charge in [-0.25, -0.2) is 9.59 Å². The number of nitrogens with one attached hydrogen (secondary N) is 2. The van der Waals surface area contributed by atoms with Crippen molar-refractivity contribution < 1.29 is 19.8 Å². The Balaban J connectivity index is 1.53. The number of aliphatic carboxylic acids is 1. The highest BCUT2D eigenvalue weighted by molar-refractivity contribution is 6.32. The molecule has 0 saturated carbocycles. The molecular formula is C26H22Cl2N4O5. The minimum absolute atomic E-state index is 0.224. The smallest absolute Gasteiger partial charge is 0.348 e. The van der Waals surface area contributed by atoms with E-state index >= 15 is 0 Å². The van der Waals surface area contributed by atoms with Crippen LogP contribution in [0.4, 0.5) is 0 Å². The summed E-state index contributed by atoms with van der Waals surface area (Å²) in [6.45, 7) is 0. The zero-order valence-corrected chi connectivity index (χ0v) is 20.8. The van der Waals surface area contributed by atoms with E-state index in [1.807, 2.05) is 42.5 Å². The van der Waals surface area contributed by atoms with Gasteiger partial charge < -0.3 is 15.5 Å². The third-order valence-electron chi connectivity index (χ3n) is 5.64. The number of halogens is 2. The Hall–Kier alpha value is -3.92. The molecule has 0 bridgehead atoms. The number of aliphatic hydroxyl groups excluding tert-OH is 1. The third-order valence-corrected chi connectivity index (χ3v) is 6.19. The van der Waals surface area contributed by atoms with Gasteiger partial charge >= 0.3 is 11.7 Å². The van der Waals surface area contributed by atoms with Crippen molar-refractivity contribution in [1.29, 1.82) is 0 Å². The number of aromatic amines is 1. The molecule has 190 valence electrons. The molecule has 11 heteroatoms. The predicted octanol–water partition coefficient (Wildman–Crippen LogP) is 3.71. The molecule has 2 atom stereocenters. The fourth-order valence-electron chi connectivity index (χ4n) is 3.82. The summed E-state index contributed by atoms with van der Waals surface area (Å²) in [5.41, 5.74) is 2.28. The number of nitrogens with zero attached hydrogens (tertiary/aromatic N) is 2. The monoisotopic (exact) mass is 540 g/mol. The predicted molar refractivity (Wildman–Crippen MR) is 139 cm³/mol. The molecule has 0 aliphatic heterocycles. The number of rotatable bonds is 9. The minimum Gasteiger partial charge on any atom is -0.479 e. The molecule has 4 aromatic rings. The number of carboxylic acid groups (broad SMARTS) is 1. The van der Waals surface area contributed by atoms with Gasteiger partial charge in [0.15, 0.2) is 6.10 Å². The first-order valence-corrected chi connectivity index (χ1v) is 12.0. The van der Waals surface area contributed by atoms with Crippen LogP contribution in [0, 0.1) is 0 Å². The number of carbonyl (C=O) groups excluding carboxylic acids is 1. The van der Waals surface area contributed by atoms with Crippen molar-refractivity contribution in [3.63, 3.8) is 0 Å². The van der Waals surface area contributed by atoms with Crippen molar-refractivity contribution in [3.8, 4) is 16.8 Å². The van der Waals surface area contributed by atoms with Crippen LogP contribution in [-0.2, 0) is 11.2 Å². The number of amides is 1. The van der Waals surface area contributed by atoms with Crippen LogP contribution >= 0.6 is 23.2 Å². The van der Waals surface area contributed by atoms with Gasteiger partial charge in [0.1, 0.15) is 0 Å². The number of carbonyl (C=O) groups is 2. The molecular weight excluding hydrogens is 519 g/mol. The molecule has 0 saturated heterocycles. The summed E-state index contributed by atoms with van der Waals surface area (Å²) in [6.07, 6.45) is -1.73. The van der Waals surface area contributed by atoms with Gasteiger partial charge in [0.25, 0.3) is 5.91 Å². The zero-order chi connectivity index (χ0) is 26.5. The average Bonchev–Trinajstić information content (AvgIpc) is 3.26. The molecule has 0 unspecified atom stereocenters. The fraction of sp³-hybridized carbons (Fsp3) is 0.154. The van der Waals surface area contributed by atoms with Crippen LogP contribution in [-0.4, -0.2) is 49.0 Å². The number of aromatic nitrogens is 3. The Morgan fingerprint density at radius 1 is 1.00 bits per heavy atom. The Labute approximate surface area is 221 Å². The quantitative estimate of drug-likeness (QED) is 0.255. The molecule has 0 aliphatic rings. The van der Waals surface area contributed by atoms with Crippen molar-refractivity contribution in [3.05, 3.63) is 105 Å². The van der Waals surface area contributed by atoms with E-state index in [0.717, 1.165) is 21.4 Å². The van der Waals surface area contributed by atoms with E-state index in [0.29, 0.717) is 10.7 Å². The molecule has 3 aromatic carbocycles. The van der Waals surface area contributed by atoms with Crippen molar-refractivity contribution in [2.24, 2.45) is 0 Å². The van der Waals surface area contributed by atoms with Crippen LogP contribution in [0.2, 0.25) is 10.0 Å². The molecule has 1 aromatic heterocycles. The lowest BCUT2D eigenvalue weighted by Gasteiger charge is -2.20. The molecule has 0 radical (unpaired) electrons. The maximum atomic E-state index is 12.9. The molecule has 1 amide bonds. The number of para-hydroxylation sites is 1. The summed E-state index contributed by atoms with van der Waals surface area (Å²) >= 11 is 12.2. The highest BCUT2D eigenvalue weighted by Gasteiger charge is 2.24. The van der Waals surface area contributed by atoms with Crippen LogP contribution < -0.4 is 11.0 Å². The van der Waals surface area contributed by atoms with E-state index in [4.69, 9.17) is 23.2 Å². The number of hydrogen-bond acceptors (Lipinski definition) is 5. The summed E-state index contributed by atoms with van der Waals surface area (Å²) in [5.74, 6) is -2.43. The number of hydrogen-bond donors (Lipinski definition) is 4. The Morgan fingerprint density at radius 2 is 1.73 bits per heavy atom. The maximum Gasteiger partial charge on any atom is 0.348 e. The zero-order valence-electron chi connectivity index (χ0n) is 19.3. The molecule has 0 aliphatic carbocycles. The summed E-state index contributed by atoms with van der Waals surface area (Å²) < 4.78 is 0.965. The summed E-state index contributed by atoms with van der Waals surface area (Å²) in [5, 5.41) is 26.7. The number of aliphatic hydroxyl groups is 1. The fourth-order valence-corrected chi connectivity index (χ4v) is 4.22. The largest absolute Gasteiger partial charge is 0.479 e. The molecule has 4 rings (SSSR count). The molecule has 0 spiro atoms. The minimum atomic E-state index is -1.70. The van der Waals surface area contributed by atoms with E-state index in [1.165, 1.54) is 0 Å². The second kappa shape index (κ2) is 11.4. The third kappa shape index (κ3) is 6.45. The van der Waals surface area contributed by atoms with Crippen molar-refractivity contribution in [1.82, 2.24) is 20.1 Å². The SMILES string of the molecule is O=C(N[C@H](Cc1ccc(-c2cccc(Cl)c2)cc1)C[C@@H](O)C(=O)O)c1nn(-c2ccccc2Cl)c(=O)[nH]1. The van der Waals surface area contributed by atoms with Crippen molar-refractivity contribution >= 4 is 35.1 Å². The Morgan fingerprint density at radius 3 is 2.41 bits per heavy atom. The number of carboxylic acids is 1. The van der Waals surface area contributed by atoms with Crippen LogP contribution in [0.1, 0.15) is 22.6 Å². The van der Waals surface area contributed by atoms with Crippen LogP contribution in [0.15, 0.2) is 77.6 Å². The second-order valence-corrected chi connectivity index (χ2v) is 9.16. The normalized spacial score (nSPS) is 12.6. The highest BCUT2D eigenvalue weighted by Crippen LogP contribution is 2.23. The van der Waals surface area contributed by atoms with Crippen molar-refractivity contribution in [2.45, 2.75) is 25.0 Å². The van der Waals surface area contributed by atoms with E-state index in [9.17, 15) is 24.6 Å². The van der Waals surface area contributed by atoms with E-state index in [1.54, 1.807) is 30.3 Å². The summed E-state index contributed by atoms with van der Waals surface area (Å²) in [7, 11) is 0. The van der Waals surface area contributed by atoms with E-state index < -0.39 is 29.7 Å². The van der Waals surface area contributed by atoms with Crippen LogP contribution in [0.5, 0.6) is 0 Å². The first-order chi connectivity index (χ1) is 17.7. The Bertz CT molecular complexity index is 1480. The summed E-state index contributed by atoms with van der Waals surface area (Å²) in [4.78, 5) is 39.0. The summed E-state index contributed by atoms with van der Waals surface area (Å²) in [6, 6.07) is 20.6. The topological polar surface area (TPSA) is 137 Å². The number of benzene rings is 3. The van der Waals surface area contributed by atoms with Gasteiger partial charge in [0.05, 0.1) is 10.7 Å². The molecule has 4 N–H and O–H groups in total. The van der Waals surface area contributed by atoms with Crippen LogP contribution in [0.3, 0.4) is 0 Å². The first-order valence-electron chi connectivity index (χ1n) is 11.2. The van der Waals surface area contributed by atoms with Gasteiger partial charge in [-0.15, -0.1) is 5.10 Å². The van der Waals surface area contributed by atoms with Gasteiger partial charge in [-0.3, -0.25) is 9.78 Å². The average molecular weight is 541 g/mol. The van der Waals surface area contributed by atoms with E-state index in [-0.39, 0.29) is 23.7 Å². The van der Waals surface area contributed by atoms with Gasteiger partial charge in [0.2, 0.25) is 5.82 Å². The molecule has 9 nitrogen and oxygen atoms in total.